The Morgan fingerprint density at radius 1 is 1.18 bits per heavy atom. The van der Waals surface area contributed by atoms with Crippen LogP contribution in [0, 0.1) is 6.16 Å². The van der Waals surface area contributed by atoms with Gasteiger partial charge in [-0.25, -0.2) is 0 Å². The van der Waals surface area contributed by atoms with E-state index < -0.39 is 7.60 Å². The van der Waals surface area contributed by atoms with Gasteiger partial charge in [-0.1, -0.05) is 30.3 Å². The molecule has 0 aliphatic carbocycles. The molecule has 59 valence electrons. The summed E-state index contributed by atoms with van der Waals surface area (Å²) < 4.78 is 10.4. The van der Waals surface area contributed by atoms with Gasteiger partial charge < -0.3 is 9.79 Å². The van der Waals surface area contributed by atoms with Crippen molar-refractivity contribution in [3.05, 3.63) is 42.1 Å². The summed E-state index contributed by atoms with van der Waals surface area (Å²) in [5.41, 5.74) is 0.542. The summed E-state index contributed by atoms with van der Waals surface area (Å²) in [5, 5.41) is 0. The van der Waals surface area contributed by atoms with Gasteiger partial charge in [-0.15, -0.1) is 0 Å². The lowest BCUT2D eigenvalue weighted by Gasteiger charge is -2.01. The van der Waals surface area contributed by atoms with Crippen LogP contribution in [0.3, 0.4) is 0 Å². The second-order valence-electron chi connectivity index (χ2n) is 2.13. The fourth-order valence-corrected chi connectivity index (χ4v) is 1.29. The fraction of sp³-hybridized carbons (Fsp3) is 0. The van der Waals surface area contributed by atoms with Gasteiger partial charge in [0.05, 0.1) is 0 Å². The van der Waals surface area contributed by atoms with Gasteiger partial charge >= 0.3 is 7.60 Å². The maximum Gasteiger partial charge on any atom is 0.334 e. The highest BCUT2D eigenvalue weighted by atomic mass is 31.2. The number of benzene rings is 1. The molecule has 0 bridgehead atoms. The standard InChI is InChI=1S/C7H8O3P/c8-11(9,10)6-7-4-2-1-3-5-7/h1-6H,(H2,8,9,10). The summed E-state index contributed by atoms with van der Waals surface area (Å²) in [7, 11) is -4.01. The summed E-state index contributed by atoms with van der Waals surface area (Å²) in [6.45, 7) is 0. The van der Waals surface area contributed by atoms with Gasteiger partial charge in [0.15, 0.2) is 0 Å². The molecule has 1 rings (SSSR count). The third-order valence-corrected chi connectivity index (χ3v) is 1.75. The van der Waals surface area contributed by atoms with Crippen molar-refractivity contribution in [2.24, 2.45) is 0 Å². The predicted octanol–water partition coefficient (Wildman–Crippen LogP) is 1.37. The maximum atomic E-state index is 10.4. The van der Waals surface area contributed by atoms with Crippen molar-refractivity contribution in [1.29, 1.82) is 0 Å². The Kier molecular flexibility index (Phi) is 2.45. The monoisotopic (exact) mass is 171 g/mol. The van der Waals surface area contributed by atoms with Gasteiger partial charge in [0.25, 0.3) is 0 Å². The van der Waals surface area contributed by atoms with Crippen LogP contribution in [-0.4, -0.2) is 9.79 Å². The van der Waals surface area contributed by atoms with E-state index >= 15 is 0 Å². The summed E-state index contributed by atoms with van der Waals surface area (Å²) in [5.74, 6) is 0. The Bertz CT molecular complexity index is 264. The average Bonchev–Trinajstić information content (AvgIpc) is 1.85. The molecule has 1 radical (unpaired) electrons. The molecule has 0 atom stereocenters. The molecule has 0 aromatic heterocycles. The van der Waals surface area contributed by atoms with E-state index in [9.17, 15) is 4.57 Å². The molecule has 1 aromatic carbocycles. The van der Waals surface area contributed by atoms with E-state index in [1.165, 1.54) is 0 Å². The first kappa shape index (κ1) is 8.47. The van der Waals surface area contributed by atoms with Crippen LogP contribution in [-0.2, 0) is 4.57 Å². The first-order chi connectivity index (χ1) is 5.08. The molecule has 1 aromatic rings. The molecule has 11 heavy (non-hydrogen) atoms. The molecular formula is C7H8O3P. The van der Waals surface area contributed by atoms with Gasteiger partial charge in [0.2, 0.25) is 0 Å². The molecule has 4 heteroatoms. The van der Waals surface area contributed by atoms with E-state index in [0.29, 0.717) is 5.56 Å². The summed E-state index contributed by atoms with van der Waals surface area (Å²) >= 11 is 0. The van der Waals surface area contributed by atoms with Gasteiger partial charge in [0, 0.05) is 0 Å². The summed E-state index contributed by atoms with van der Waals surface area (Å²) in [6.07, 6.45) is 0.938. The zero-order valence-corrected chi connectivity index (χ0v) is 6.61. The van der Waals surface area contributed by atoms with Crippen molar-refractivity contribution < 1.29 is 14.4 Å². The summed E-state index contributed by atoms with van der Waals surface area (Å²) in [4.78, 5) is 17.1. The third kappa shape index (κ3) is 3.33. The Labute approximate surface area is 64.8 Å². The molecule has 0 saturated heterocycles. The number of rotatable bonds is 2. The van der Waals surface area contributed by atoms with Crippen LogP contribution in [0.2, 0.25) is 0 Å². The number of hydrogen-bond donors (Lipinski definition) is 2. The van der Waals surface area contributed by atoms with Gasteiger partial charge in [0.1, 0.15) is 6.16 Å². The molecule has 0 amide bonds. The zero-order chi connectivity index (χ0) is 8.32. The van der Waals surface area contributed by atoms with E-state index in [1.54, 1.807) is 30.3 Å². The Hall–Kier alpha value is -0.630. The van der Waals surface area contributed by atoms with E-state index in [1.807, 2.05) is 0 Å². The predicted molar refractivity (Wildman–Crippen MR) is 41.9 cm³/mol. The average molecular weight is 171 g/mol. The molecule has 0 unspecified atom stereocenters. The van der Waals surface area contributed by atoms with Crippen LogP contribution < -0.4 is 0 Å². The highest BCUT2D eigenvalue weighted by Crippen LogP contribution is 2.40. The van der Waals surface area contributed by atoms with Crippen molar-refractivity contribution in [2.45, 2.75) is 0 Å². The molecule has 0 fully saturated rings. The van der Waals surface area contributed by atoms with E-state index in [-0.39, 0.29) is 0 Å². The van der Waals surface area contributed by atoms with Crippen LogP contribution in [0.5, 0.6) is 0 Å². The topological polar surface area (TPSA) is 57.5 Å². The summed E-state index contributed by atoms with van der Waals surface area (Å²) in [6, 6.07) is 8.51. The first-order valence-corrected chi connectivity index (χ1v) is 4.72. The van der Waals surface area contributed by atoms with Crippen molar-refractivity contribution in [2.75, 3.05) is 0 Å². The molecule has 0 heterocycles. The molecule has 0 spiro atoms. The largest absolute Gasteiger partial charge is 0.334 e. The second kappa shape index (κ2) is 3.18. The van der Waals surface area contributed by atoms with E-state index in [4.69, 9.17) is 9.79 Å². The lowest BCUT2D eigenvalue weighted by molar-refractivity contribution is 0.382. The molecule has 0 saturated carbocycles. The smallest absolute Gasteiger partial charge is 0.324 e. The van der Waals surface area contributed by atoms with Crippen LogP contribution in [0.15, 0.2) is 30.3 Å². The molecule has 3 nitrogen and oxygen atoms in total. The van der Waals surface area contributed by atoms with Crippen LogP contribution >= 0.6 is 7.60 Å². The van der Waals surface area contributed by atoms with Crippen molar-refractivity contribution >= 4 is 7.60 Å². The fourth-order valence-electron chi connectivity index (χ4n) is 0.733. The van der Waals surface area contributed by atoms with Gasteiger partial charge in [-0.3, -0.25) is 4.57 Å². The lowest BCUT2D eigenvalue weighted by Crippen LogP contribution is -1.81. The Morgan fingerprint density at radius 2 is 1.73 bits per heavy atom. The van der Waals surface area contributed by atoms with Gasteiger partial charge in [-0.05, 0) is 5.56 Å². The normalized spacial score (nSPS) is 11.5. The van der Waals surface area contributed by atoms with E-state index in [2.05, 4.69) is 0 Å². The third-order valence-electron chi connectivity index (χ3n) is 1.12. The lowest BCUT2D eigenvalue weighted by atomic mass is 10.2. The minimum atomic E-state index is -4.01. The molecule has 0 aliphatic heterocycles. The van der Waals surface area contributed by atoms with Crippen LogP contribution in [0.25, 0.3) is 0 Å². The van der Waals surface area contributed by atoms with Crippen molar-refractivity contribution in [3.8, 4) is 0 Å². The maximum absolute atomic E-state index is 10.4. The number of hydrogen-bond acceptors (Lipinski definition) is 1. The van der Waals surface area contributed by atoms with Crippen LogP contribution in [0.4, 0.5) is 0 Å². The quantitative estimate of drug-likeness (QED) is 0.660. The minimum absolute atomic E-state index is 0.542. The highest BCUT2D eigenvalue weighted by Gasteiger charge is 2.13. The Balaban J connectivity index is 2.74. The second-order valence-corrected chi connectivity index (χ2v) is 3.57. The molecule has 0 aliphatic rings. The van der Waals surface area contributed by atoms with Gasteiger partial charge in [-0.2, -0.15) is 0 Å². The SMILES string of the molecule is O=P(O)(O)[CH]c1ccccc1. The molecule has 2 N–H and O–H groups in total. The minimum Gasteiger partial charge on any atom is -0.324 e. The van der Waals surface area contributed by atoms with Crippen molar-refractivity contribution in [1.82, 2.24) is 0 Å². The first-order valence-electron chi connectivity index (χ1n) is 3.04. The molecular weight excluding hydrogens is 163 g/mol. The highest BCUT2D eigenvalue weighted by molar-refractivity contribution is 7.54. The van der Waals surface area contributed by atoms with Crippen LogP contribution in [0.1, 0.15) is 5.56 Å². The zero-order valence-electron chi connectivity index (χ0n) is 5.71. The Morgan fingerprint density at radius 3 is 2.18 bits per heavy atom. The van der Waals surface area contributed by atoms with Crippen molar-refractivity contribution in [3.63, 3.8) is 0 Å². The van der Waals surface area contributed by atoms with E-state index in [0.717, 1.165) is 6.16 Å².